The molecule has 27 heavy (non-hydrogen) atoms. The summed E-state index contributed by atoms with van der Waals surface area (Å²) in [5, 5.41) is 6.71. The van der Waals surface area contributed by atoms with Crippen LogP contribution in [0.4, 0.5) is 5.69 Å². The maximum Gasteiger partial charge on any atom is 0.339 e. The number of aromatic nitrogens is 4. The van der Waals surface area contributed by atoms with E-state index in [0.29, 0.717) is 17.3 Å². The Hall–Kier alpha value is -3.13. The molecule has 3 heterocycles. The molecule has 136 valence electrons. The second-order valence-corrected chi connectivity index (χ2v) is 7.44. The fourth-order valence-corrected chi connectivity index (χ4v) is 3.95. The second kappa shape index (κ2) is 5.95. The molecule has 4 aromatic rings. The summed E-state index contributed by atoms with van der Waals surface area (Å²) in [5.41, 5.74) is 10.0. The van der Waals surface area contributed by atoms with Crippen LogP contribution in [0.3, 0.4) is 0 Å². The Morgan fingerprint density at radius 1 is 1.30 bits per heavy atom. The molecular weight excluding hydrogens is 362 g/mol. The van der Waals surface area contributed by atoms with Crippen molar-refractivity contribution < 1.29 is 9.53 Å². The monoisotopic (exact) mass is 379 g/mol. The maximum atomic E-state index is 12.1. The summed E-state index contributed by atoms with van der Waals surface area (Å²) in [6, 6.07) is 7.87. The molecule has 1 aliphatic rings. The highest BCUT2D eigenvalue weighted by Gasteiger charge is 2.26. The number of carbonyl (C=O) groups excluding carboxylic acids is 1. The zero-order valence-electron chi connectivity index (χ0n) is 14.6. The number of ether oxygens (including phenoxy) is 1. The first kappa shape index (κ1) is 16.1. The summed E-state index contributed by atoms with van der Waals surface area (Å²) >= 11 is 1.56. The number of thiazole rings is 1. The van der Waals surface area contributed by atoms with Gasteiger partial charge in [-0.3, -0.25) is 9.08 Å². The van der Waals surface area contributed by atoms with E-state index >= 15 is 0 Å². The number of benzene rings is 1. The molecule has 0 saturated heterocycles. The Kier molecular flexibility index (Phi) is 3.54. The first-order valence-electron chi connectivity index (χ1n) is 8.65. The van der Waals surface area contributed by atoms with Gasteiger partial charge in [0, 0.05) is 29.0 Å². The lowest BCUT2D eigenvalue weighted by Crippen LogP contribution is -2.06. The minimum absolute atomic E-state index is 0.342. The summed E-state index contributed by atoms with van der Waals surface area (Å²) in [5.74, 6) is -0.458. The standard InChI is InChI=1S/C19H17N5O2S/c1-26-18(25)13-10-11(2-5-14(13)20)17-16(21-19-23(17)8-9-27-19)15-6-7-24(22-15)12-3-4-12/h2,5-10,12H,3-4,20H2,1H3. The topological polar surface area (TPSA) is 87.4 Å². The van der Waals surface area contributed by atoms with Crippen LogP contribution in [-0.2, 0) is 4.74 Å². The molecule has 2 N–H and O–H groups in total. The number of nitrogens with zero attached hydrogens (tertiary/aromatic N) is 4. The largest absolute Gasteiger partial charge is 0.465 e. The molecule has 1 saturated carbocycles. The van der Waals surface area contributed by atoms with Crippen LogP contribution in [0.5, 0.6) is 0 Å². The van der Waals surface area contributed by atoms with Crippen LogP contribution < -0.4 is 5.73 Å². The third-order valence-corrected chi connectivity index (χ3v) is 5.52. The number of rotatable bonds is 4. The molecule has 0 unspecified atom stereocenters. The molecule has 0 aliphatic heterocycles. The number of hydrogen-bond donors (Lipinski definition) is 1. The average Bonchev–Trinajstić information content (AvgIpc) is 3.08. The van der Waals surface area contributed by atoms with Gasteiger partial charge >= 0.3 is 5.97 Å². The van der Waals surface area contributed by atoms with Gasteiger partial charge in [-0.25, -0.2) is 9.78 Å². The van der Waals surface area contributed by atoms with Crippen molar-refractivity contribution in [2.24, 2.45) is 0 Å². The highest BCUT2D eigenvalue weighted by Crippen LogP contribution is 2.38. The van der Waals surface area contributed by atoms with Crippen molar-refractivity contribution >= 4 is 28.0 Å². The van der Waals surface area contributed by atoms with Gasteiger partial charge in [0.1, 0.15) is 11.4 Å². The van der Waals surface area contributed by atoms with Gasteiger partial charge in [-0.15, -0.1) is 11.3 Å². The van der Waals surface area contributed by atoms with E-state index in [1.54, 1.807) is 23.5 Å². The number of methoxy groups -OCH3 is 1. The maximum absolute atomic E-state index is 12.1. The number of hydrogen-bond acceptors (Lipinski definition) is 6. The molecule has 7 nitrogen and oxygen atoms in total. The predicted octanol–water partition coefficient (Wildman–Crippen LogP) is 3.63. The Labute approximate surface area is 159 Å². The van der Waals surface area contributed by atoms with Gasteiger partial charge in [0.2, 0.25) is 0 Å². The molecule has 5 rings (SSSR count). The quantitative estimate of drug-likeness (QED) is 0.432. The molecular formula is C19H17N5O2S. The molecule has 0 bridgehead atoms. The predicted molar refractivity (Wildman–Crippen MR) is 104 cm³/mol. The Morgan fingerprint density at radius 2 is 2.15 bits per heavy atom. The normalized spacial score (nSPS) is 14.0. The highest BCUT2D eigenvalue weighted by molar-refractivity contribution is 7.15. The Bertz CT molecular complexity index is 1170. The molecule has 0 spiro atoms. The Morgan fingerprint density at radius 3 is 2.93 bits per heavy atom. The number of carbonyl (C=O) groups is 1. The van der Waals surface area contributed by atoms with Gasteiger partial charge in [-0.1, -0.05) is 6.07 Å². The van der Waals surface area contributed by atoms with Crippen LogP contribution in [0.2, 0.25) is 0 Å². The fourth-order valence-electron chi connectivity index (χ4n) is 3.24. The van der Waals surface area contributed by atoms with Crippen molar-refractivity contribution in [1.82, 2.24) is 19.2 Å². The summed E-state index contributed by atoms with van der Waals surface area (Å²) in [4.78, 5) is 17.7. The fraction of sp³-hybridized carbons (Fsp3) is 0.211. The number of imidazole rings is 1. The van der Waals surface area contributed by atoms with Crippen LogP contribution in [-0.4, -0.2) is 32.2 Å². The molecule has 1 fully saturated rings. The summed E-state index contributed by atoms with van der Waals surface area (Å²) in [7, 11) is 1.35. The molecule has 1 aliphatic carbocycles. The minimum atomic E-state index is -0.458. The van der Waals surface area contributed by atoms with Crippen molar-refractivity contribution in [3.63, 3.8) is 0 Å². The zero-order valence-corrected chi connectivity index (χ0v) is 15.4. The molecule has 0 amide bonds. The van der Waals surface area contributed by atoms with E-state index in [1.165, 1.54) is 20.0 Å². The van der Waals surface area contributed by atoms with E-state index in [4.69, 9.17) is 20.6 Å². The SMILES string of the molecule is COC(=O)c1cc(-c2c(-c3ccn(C4CC4)n3)nc3sccn23)ccc1N. The Balaban J connectivity index is 1.70. The first-order valence-corrected chi connectivity index (χ1v) is 9.53. The lowest BCUT2D eigenvalue weighted by atomic mass is 10.0. The average molecular weight is 379 g/mol. The van der Waals surface area contributed by atoms with Gasteiger partial charge in [0.15, 0.2) is 4.96 Å². The number of esters is 1. The summed E-state index contributed by atoms with van der Waals surface area (Å²) in [6.07, 6.45) is 6.32. The zero-order chi connectivity index (χ0) is 18.5. The van der Waals surface area contributed by atoms with Gasteiger partial charge in [0.25, 0.3) is 0 Å². The van der Waals surface area contributed by atoms with Crippen molar-refractivity contribution in [3.8, 4) is 22.6 Å². The third-order valence-electron chi connectivity index (χ3n) is 4.77. The van der Waals surface area contributed by atoms with E-state index in [0.717, 1.165) is 27.6 Å². The highest BCUT2D eigenvalue weighted by atomic mass is 32.1. The number of anilines is 1. The number of nitrogens with two attached hydrogens (primary N) is 1. The second-order valence-electron chi connectivity index (χ2n) is 6.57. The van der Waals surface area contributed by atoms with E-state index in [9.17, 15) is 4.79 Å². The molecule has 0 atom stereocenters. The van der Waals surface area contributed by atoms with Crippen LogP contribution in [0.25, 0.3) is 27.6 Å². The van der Waals surface area contributed by atoms with Crippen molar-refractivity contribution in [2.45, 2.75) is 18.9 Å². The van der Waals surface area contributed by atoms with Crippen LogP contribution in [0, 0.1) is 0 Å². The first-order chi connectivity index (χ1) is 13.2. The van der Waals surface area contributed by atoms with Gasteiger partial charge in [-0.2, -0.15) is 5.10 Å². The smallest absolute Gasteiger partial charge is 0.339 e. The van der Waals surface area contributed by atoms with Crippen LogP contribution in [0.1, 0.15) is 29.2 Å². The summed E-state index contributed by atoms with van der Waals surface area (Å²) in [6.45, 7) is 0. The third kappa shape index (κ3) is 2.60. The van der Waals surface area contributed by atoms with Crippen molar-refractivity contribution in [2.75, 3.05) is 12.8 Å². The van der Waals surface area contributed by atoms with E-state index in [-0.39, 0.29) is 0 Å². The van der Waals surface area contributed by atoms with Gasteiger partial charge < -0.3 is 10.5 Å². The van der Waals surface area contributed by atoms with E-state index < -0.39 is 5.97 Å². The lowest BCUT2D eigenvalue weighted by Gasteiger charge is -2.08. The van der Waals surface area contributed by atoms with Gasteiger partial charge in [0.05, 0.1) is 24.4 Å². The molecule has 8 heteroatoms. The number of nitrogen functional groups attached to an aromatic ring is 1. The van der Waals surface area contributed by atoms with E-state index in [1.807, 2.05) is 39.0 Å². The lowest BCUT2D eigenvalue weighted by molar-refractivity contribution is 0.0602. The molecule has 0 radical (unpaired) electrons. The van der Waals surface area contributed by atoms with E-state index in [2.05, 4.69) is 0 Å². The van der Waals surface area contributed by atoms with Crippen LogP contribution >= 0.6 is 11.3 Å². The minimum Gasteiger partial charge on any atom is -0.465 e. The number of fused-ring (bicyclic) bond motifs is 1. The van der Waals surface area contributed by atoms with Crippen LogP contribution in [0.15, 0.2) is 42.0 Å². The van der Waals surface area contributed by atoms with Crippen molar-refractivity contribution in [1.29, 1.82) is 0 Å². The van der Waals surface area contributed by atoms with Gasteiger partial charge in [-0.05, 0) is 31.0 Å². The molecule has 1 aromatic carbocycles. The summed E-state index contributed by atoms with van der Waals surface area (Å²) < 4.78 is 8.88. The molecule has 3 aromatic heterocycles. The van der Waals surface area contributed by atoms with Crippen molar-refractivity contribution in [3.05, 3.63) is 47.6 Å².